The van der Waals surface area contributed by atoms with E-state index in [1.165, 1.54) is 12.1 Å². The molecule has 6 nitrogen and oxygen atoms in total. The summed E-state index contributed by atoms with van der Waals surface area (Å²) in [6.45, 7) is 10.1. The van der Waals surface area contributed by atoms with Gasteiger partial charge in [0.15, 0.2) is 0 Å². The molecule has 1 aromatic heterocycles. The van der Waals surface area contributed by atoms with Crippen molar-refractivity contribution in [3.8, 4) is 0 Å². The maximum Gasteiger partial charge on any atom is 0.416 e. The van der Waals surface area contributed by atoms with Crippen molar-refractivity contribution in [3.05, 3.63) is 35.9 Å². The predicted molar refractivity (Wildman–Crippen MR) is 107 cm³/mol. The fourth-order valence-corrected chi connectivity index (χ4v) is 2.94. The van der Waals surface area contributed by atoms with Crippen LogP contribution in [0.25, 0.3) is 0 Å². The number of nitrogens with zero attached hydrogens (tertiary/aromatic N) is 3. The molecule has 0 saturated heterocycles. The van der Waals surface area contributed by atoms with Gasteiger partial charge in [-0.2, -0.15) is 23.1 Å². The Morgan fingerprint density at radius 1 is 1.00 bits per heavy atom. The normalized spacial score (nSPS) is 12.1. The average Bonchev–Trinajstić information content (AvgIpc) is 2.57. The third kappa shape index (κ3) is 6.26. The minimum absolute atomic E-state index is 0.0731. The van der Waals surface area contributed by atoms with Crippen molar-refractivity contribution in [2.24, 2.45) is 0 Å². The molecule has 1 heterocycles. The summed E-state index contributed by atoms with van der Waals surface area (Å²) in [6, 6.07) is 7.23. The Balaban J connectivity index is 2.02. The van der Waals surface area contributed by atoms with Crippen LogP contribution in [0.15, 0.2) is 30.3 Å². The summed E-state index contributed by atoms with van der Waals surface area (Å²) in [6.07, 6.45) is -4.37. The minimum atomic E-state index is -4.37. The van der Waals surface area contributed by atoms with Crippen molar-refractivity contribution < 1.29 is 13.2 Å². The molecule has 0 saturated carbocycles. The van der Waals surface area contributed by atoms with Crippen LogP contribution in [-0.4, -0.2) is 40.0 Å². The first-order valence-electron chi connectivity index (χ1n) is 9.14. The first kappa shape index (κ1) is 21.7. The summed E-state index contributed by atoms with van der Waals surface area (Å²) < 4.78 is 38.0. The SMILES string of the molecule is CC(C)N(CCNc1cc(Nc2ccc(C(F)(F)F)cc2)nc(N)n1)C(C)C. The summed E-state index contributed by atoms with van der Waals surface area (Å²) in [7, 11) is 0. The van der Waals surface area contributed by atoms with Crippen molar-refractivity contribution in [2.45, 2.75) is 46.0 Å². The molecule has 0 unspecified atom stereocenters. The zero-order chi connectivity index (χ0) is 20.9. The van der Waals surface area contributed by atoms with Gasteiger partial charge >= 0.3 is 6.18 Å². The van der Waals surface area contributed by atoms with Gasteiger partial charge in [-0.15, -0.1) is 0 Å². The molecule has 0 bridgehead atoms. The van der Waals surface area contributed by atoms with E-state index in [9.17, 15) is 13.2 Å². The fraction of sp³-hybridized carbons (Fsp3) is 0.474. The smallest absolute Gasteiger partial charge is 0.369 e. The maximum atomic E-state index is 12.7. The van der Waals surface area contributed by atoms with Crippen LogP contribution < -0.4 is 16.4 Å². The molecule has 0 radical (unpaired) electrons. The predicted octanol–water partition coefficient (Wildman–Crippen LogP) is 4.35. The quantitative estimate of drug-likeness (QED) is 0.616. The van der Waals surface area contributed by atoms with Crippen molar-refractivity contribution in [3.63, 3.8) is 0 Å². The molecule has 2 rings (SSSR count). The Labute approximate surface area is 163 Å². The van der Waals surface area contributed by atoms with Gasteiger partial charge in [0, 0.05) is 36.9 Å². The second-order valence-corrected chi connectivity index (χ2v) is 7.05. The average molecular weight is 396 g/mol. The van der Waals surface area contributed by atoms with Crippen LogP contribution in [0.1, 0.15) is 33.3 Å². The number of benzene rings is 1. The highest BCUT2D eigenvalue weighted by molar-refractivity contribution is 5.61. The van der Waals surface area contributed by atoms with E-state index in [4.69, 9.17) is 5.73 Å². The monoisotopic (exact) mass is 396 g/mol. The van der Waals surface area contributed by atoms with Gasteiger partial charge in [0.25, 0.3) is 0 Å². The molecule has 0 fully saturated rings. The molecule has 28 heavy (non-hydrogen) atoms. The topological polar surface area (TPSA) is 79.1 Å². The van der Waals surface area contributed by atoms with E-state index in [1.54, 1.807) is 6.07 Å². The maximum absolute atomic E-state index is 12.7. The van der Waals surface area contributed by atoms with Crippen LogP contribution in [0.3, 0.4) is 0 Å². The molecular formula is C19H27F3N6. The zero-order valence-electron chi connectivity index (χ0n) is 16.5. The Kier molecular flexibility index (Phi) is 7.06. The first-order chi connectivity index (χ1) is 13.1. The molecule has 154 valence electrons. The van der Waals surface area contributed by atoms with E-state index in [1.807, 2.05) is 0 Å². The van der Waals surface area contributed by atoms with Crippen molar-refractivity contribution >= 4 is 23.3 Å². The first-order valence-corrected chi connectivity index (χ1v) is 9.14. The molecule has 9 heteroatoms. The van der Waals surface area contributed by atoms with Gasteiger partial charge in [-0.05, 0) is 52.0 Å². The summed E-state index contributed by atoms with van der Waals surface area (Å²) >= 11 is 0. The number of nitrogen functional groups attached to an aromatic ring is 1. The van der Waals surface area contributed by atoms with E-state index in [-0.39, 0.29) is 5.95 Å². The molecule has 4 N–H and O–H groups in total. The lowest BCUT2D eigenvalue weighted by atomic mass is 10.2. The lowest BCUT2D eigenvalue weighted by Gasteiger charge is -2.30. The molecule has 1 aromatic carbocycles. The number of hydrogen-bond donors (Lipinski definition) is 3. The van der Waals surface area contributed by atoms with Gasteiger partial charge in [0.1, 0.15) is 11.6 Å². The van der Waals surface area contributed by atoms with Crippen LogP contribution in [0, 0.1) is 0 Å². The van der Waals surface area contributed by atoms with E-state index < -0.39 is 11.7 Å². The highest BCUT2D eigenvalue weighted by atomic mass is 19.4. The molecule has 2 aromatic rings. The molecule has 0 amide bonds. The number of anilines is 4. The van der Waals surface area contributed by atoms with E-state index in [0.29, 0.717) is 36.0 Å². The number of aromatic nitrogens is 2. The second kappa shape index (κ2) is 9.09. The Morgan fingerprint density at radius 3 is 2.11 bits per heavy atom. The highest BCUT2D eigenvalue weighted by Gasteiger charge is 2.29. The summed E-state index contributed by atoms with van der Waals surface area (Å²) in [5, 5.41) is 6.17. The van der Waals surface area contributed by atoms with Gasteiger partial charge in [-0.1, -0.05) is 0 Å². The van der Waals surface area contributed by atoms with E-state index >= 15 is 0 Å². The summed E-state index contributed by atoms with van der Waals surface area (Å²) in [5.41, 5.74) is 5.53. The Bertz CT molecular complexity index is 751. The van der Waals surface area contributed by atoms with Crippen LogP contribution in [0.5, 0.6) is 0 Å². The summed E-state index contributed by atoms with van der Waals surface area (Å²) in [4.78, 5) is 10.6. The van der Waals surface area contributed by atoms with Gasteiger partial charge in [-0.25, -0.2) is 0 Å². The van der Waals surface area contributed by atoms with Crippen LogP contribution in [0.4, 0.5) is 36.4 Å². The molecule has 0 aliphatic rings. The Hall–Kier alpha value is -2.55. The van der Waals surface area contributed by atoms with Crippen LogP contribution in [0.2, 0.25) is 0 Å². The molecule has 0 aliphatic carbocycles. The number of rotatable bonds is 8. The van der Waals surface area contributed by atoms with Gasteiger partial charge in [0.2, 0.25) is 5.95 Å². The fourth-order valence-electron chi connectivity index (χ4n) is 2.94. The van der Waals surface area contributed by atoms with Crippen LogP contribution >= 0.6 is 0 Å². The minimum Gasteiger partial charge on any atom is -0.369 e. The molecule has 0 spiro atoms. The van der Waals surface area contributed by atoms with E-state index in [0.717, 1.165) is 18.7 Å². The highest BCUT2D eigenvalue weighted by Crippen LogP contribution is 2.30. The third-order valence-electron chi connectivity index (χ3n) is 4.23. The number of nitrogens with one attached hydrogen (secondary N) is 2. The molecule has 0 aliphatic heterocycles. The standard InChI is InChI=1S/C19H27F3N6/c1-12(2)28(13(3)4)10-9-24-16-11-17(27-18(23)26-16)25-15-7-5-14(6-8-15)19(20,21)22/h5-8,11-13H,9-10H2,1-4H3,(H4,23,24,25,26,27). The molecular weight excluding hydrogens is 369 g/mol. The number of alkyl halides is 3. The lowest BCUT2D eigenvalue weighted by molar-refractivity contribution is -0.137. The largest absolute Gasteiger partial charge is 0.416 e. The lowest BCUT2D eigenvalue weighted by Crippen LogP contribution is -2.40. The van der Waals surface area contributed by atoms with Crippen molar-refractivity contribution in [1.29, 1.82) is 0 Å². The zero-order valence-corrected chi connectivity index (χ0v) is 16.5. The second-order valence-electron chi connectivity index (χ2n) is 7.05. The number of halogens is 3. The number of nitrogens with two attached hydrogens (primary N) is 1. The van der Waals surface area contributed by atoms with Gasteiger partial charge in [0.05, 0.1) is 5.56 Å². The third-order valence-corrected chi connectivity index (χ3v) is 4.23. The molecule has 0 atom stereocenters. The number of hydrogen-bond acceptors (Lipinski definition) is 6. The van der Waals surface area contributed by atoms with E-state index in [2.05, 4.69) is 53.2 Å². The Morgan fingerprint density at radius 2 is 1.57 bits per heavy atom. The van der Waals surface area contributed by atoms with Crippen molar-refractivity contribution in [2.75, 3.05) is 29.5 Å². The van der Waals surface area contributed by atoms with Gasteiger partial charge in [-0.3, -0.25) is 4.90 Å². The van der Waals surface area contributed by atoms with Crippen molar-refractivity contribution in [1.82, 2.24) is 14.9 Å². The van der Waals surface area contributed by atoms with Gasteiger partial charge < -0.3 is 16.4 Å². The van der Waals surface area contributed by atoms with Crippen LogP contribution in [-0.2, 0) is 6.18 Å². The summed E-state index contributed by atoms with van der Waals surface area (Å²) in [5.74, 6) is 1.03.